The largest absolute Gasteiger partial charge is 0.361 e. The third-order valence-electron chi connectivity index (χ3n) is 3.87. The third kappa shape index (κ3) is 1.08. The lowest BCUT2D eigenvalue weighted by Crippen LogP contribution is -2.06. The minimum Gasteiger partial charge on any atom is -0.361 e. The van der Waals surface area contributed by atoms with Crippen LogP contribution in [0.25, 0.3) is 10.9 Å². The lowest BCUT2D eigenvalue weighted by Gasteiger charge is -2.04. The maximum atomic E-state index is 6.12. The lowest BCUT2D eigenvalue weighted by atomic mass is 10.0. The molecule has 0 spiro atoms. The maximum Gasteiger partial charge on any atom is 0.0490 e. The molecule has 15 heavy (non-hydrogen) atoms. The Kier molecular flexibility index (Phi) is 1.58. The second-order valence-electron chi connectivity index (χ2n) is 5.11. The first-order valence-electron chi connectivity index (χ1n) is 5.44. The number of aromatic amines is 1. The minimum absolute atomic E-state index is 0.249. The van der Waals surface area contributed by atoms with Crippen molar-refractivity contribution in [1.29, 1.82) is 0 Å². The van der Waals surface area contributed by atoms with Crippen LogP contribution in [-0.2, 0) is 0 Å². The zero-order valence-corrected chi connectivity index (χ0v) is 9.12. The Bertz CT molecular complexity index is 510. The second-order valence-corrected chi connectivity index (χ2v) is 5.11. The summed E-state index contributed by atoms with van der Waals surface area (Å²) in [4.78, 5) is 3.31. The predicted molar refractivity (Wildman–Crippen MR) is 62.8 cm³/mol. The summed E-state index contributed by atoms with van der Waals surface area (Å²) < 4.78 is 0. The molecule has 3 rings (SSSR count). The Morgan fingerprint density at radius 2 is 2.00 bits per heavy atom. The number of nitrogens with one attached hydrogen (secondary N) is 1. The van der Waals surface area contributed by atoms with Crippen molar-refractivity contribution in [2.45, 2.75) is 25.8 Å². The molecule has 1 heterocycles. The van der Waals surface area contributed by atoms with Gasteiger partial charge in [0.25, 0.3) is 0 Å². The minimum atomic E-state index is 0.249. The number of nitrogens with two attached hydrogens (primary N) is 1. The van der Waals surface area contributed by atoms with E-state index in [1.807, 2.05) is 6.20 Å². The van der Waals surface area contributed by atoms with Crippen LogP contribution in [0.15, 0.2) is 30.5 Å². The standard InChI is InChI=1S/C13H16N2/c1-13(2)10(12(13)14)9-5-3-4-8-6-7-15-11(8)9/h3-7,10,12,15H,14H2,1-2H3/t10-,12-/m0/s1. The summed E-state index contributed by atoms with van der Waals surface area (Å²) in [5.74, 6) is 0.500. The van der Waals surface area contributed by atoms with Gasteiger partial charge in [-0.3, -0.25) is 0 Å². The van der Waals surface area contributed by atoms with E-state index in [0.717, 1.165) is 0 Å². The number of para-hydroxylation sites is 1. The summed E-state index contributed by atoms with van der Waals surface area (Å²) in [5.41, 5.74) is 9.00. The van der Waals surface area contributed by atoms with E-state index >= 15 is 0 Å². The van der Waals surface area contributed by atoms with Crippen molar-refractivity contribution in [3.05, 3.63) is 36.0 Å². The van der Waals surface area contributed by atoms with Gasteiger partial charge in [0.2, 0.25) is 0 Å². The lowest BCUT2D eigenvalue weighted by molar-refractivity contribution is 0.600. The molecule has 1 fully saturated rings. The molecule has 2 aromatic rings. The van der Waals surface area contributed by atoms with E-state index in [0.29, 0.717) is 12.0 Å². The average molecular weight is 200 g/mol. The summed E-state index contributed by atoms with van der Waals surface area (Å²) in [6.07, 6.45) is 2.00. The number of hydrogen-bond acceptors (Lipinski definition) is 1. The Morgan fingerprint density at radius 3 is 2.67 bits per heavy atom. The highest BCUT2D eigenvalue weighted by atomic mass is 14.8. The third-order valence-corrected chi connectivity index (χ3v) is 3.87. The molecule has 0 unspecified atom stereocenters. The fourth-order valence-corrected chi connectivity index (χ4v) is 2.64. The van der Waals surface area contributed by atoms with Gasteiger partial charge in [0.1, 0.15) is 0 Å². The van der Waals surface area contributed by atoms with Crippen LogP contribution >= 0.6 is 0 Å². The van der Waals surface area contributed by atoms with Crippen LogP contribution in [0, 0.1) is 5.41 Å². The molecule has 1 saturated carbocycles. The highest BCUT2D eigenvalue weighted by molar-refractivity contribution is 5.83. The van der Waals surface area contributed by atoms with Gasteiger partial charge >= 0.3 is 0 Å². The van der Waals surface area contributed by atoms with Crippen LogP contribution in [0.5, 0.6) is 0 Å². The molecule has 1 aliphatic carbocycles. The first-order valence-corrected chi connectivity index (χ1v) is 5.44. The van der Waals surface area contributed by atoms with E-state index in [-0.39, 0.29) is 5.41 Å². The number of fused-ring (bicyclic) bond motifs is 1. The van der Waals surface area contributed by atoms with Crippen LogP contribution in [-0.4, -0.2) is 11.0 Å². The van der Waals surface area contributed by atoms with Crippen molar-refractivity contribution in [2.24, 2.45) is 11.1 Å². The van der Waals surface area contributed by atoms with Gasteiger partial charge in [-0.15, -0.1) is 0 Å². The first kappa shape index (κ1) is 8.98. The van der Waals surface area contributed by atoms with E-state index in [1.165, 1.54) is 16.5 Å². The molecule has 2 heteroatoms. The highest BCUT2D eigenvalue weighted by Crippen LogP contribution is 2.58. The second kappa shape index (κ2) is 2.64. The zero-order chi connectivity index (χ0) is 10.6. The molecule has 2 atom stereocenters. The van der Waals surface area contributed by atoms with Crippen LogP contribution in [0.1, 0.15) is 25.3 Å². The molecule has 78 valence electrons. The van der Waals surface area contributed by atoms with Gasteiger partial charge in [-0.25, -0.2) is 0 Å². The summed E-state index contributed by atoms with van der Waals surface area (Å²) in [6, 6.07) is 8.85. The fraction of sp³-hybridized carbons (Fsp3) is 0.385. The molecule has 2 nitrogen and oxygen atoms in total. The Morgan fingerprint density at radius 1 is 1.27 bits per heavy atom. The number of H-pyrrole nitrogens is 1. The van der Waals surface area contributed by atoms with Crippen molar-refractivity contribution in [2.75, 3.05) is 0 Å². The molecular weight excluding hydrogens is 184 g/mol. The molecule has 0 saturated heterocycles. The van der Waals surface area contributed by atoms with Crippen LogP contribution in [0.3, 0.4) is 0 Å². The first-order chi connectivity index (χ1) is 7.12. The average Bonchev–Trinajstić information content (AvgIpc) is 2.63. The molecule has 0 radical (unpaired) electrons. The molecule has 1 aromatic carbocycles. The Balaban J connectivity index is 2.17. The maximum absolute atomic E-state index is 6.12. The number of aromatic nitrogens is 1. The quantitative estimate of drug-likeness (QED) is 0.730. The summed E-state index contributed by atoms with van der Waals surface area (Å²) in [6.45, 7) is 4.48. The van der Waals surface area contributed by atoms with Crippen LogP contribution in [0.2, 0.25) is 0 Å². The van der Waals surface area contributed by atoms with Gasteiger partial charge in [0.15, 0.2) is 0 Å². The van der Waals surface area contributed by atoms with Crippen molar-refractivity contribution >= 4 is 10.9 Å². The van der Waals surface area contributed by atoms with E-state index in [2.05, 4.69) is 43.1 Å². The van der Waals surface area contributed by atoms with E-state index in [1.54, 1.807) is 0 Å². The van der Waals surface area contributed by atoms with Crippen LogP contribution in [0.4, 0.5) is 0 Å². The Hall–Kier alpha value is -1.28. The Labute approximate surface area is 89.5 Å². The molecule has 1 aliphatic rings. The zero-order valence-electron chi connectivity index (χ0n) is 9.12. The summed E-state index contributed by atoms with van der Waals surface area (Å²) >= 11 is 0. The van der Waals surface area contributed by atoms with Gasteiger partial charge < -0.3 is 10.7 Å². The van der Waals surface area contributed by atoms with Gasteiger partial charge in [0.05, 0.1) is 0 Å². The monoisotopic (exact) mass is 200 g/mol. The molecule has 0 bridgehead atoms. The molecule has 1 aromatic heterocycles. The van der Waals surface area contributed by atoms with E-state index < -0.39 is 0 Å². The molecule has 0 amide bonds. The molecular formula is C13H16N2. The van der Waals surface area contributed by atoms with Crippen molar-refractivity contribution < 1.29 is 0 Å². The topological polar surface area (TPSA) is 41.8 Å². The number of hydrogen-bond donors (Lipinski definition) is 2. The summed E-state index contributed by atoms with van der Waals surface area (Å²) in [7, 11) is 0. The van der Waals surface area contributed by atoms with Gasteiger partial charge in [-0.1, -0.05) is 32.0 Å². The summed E-state index contributed by atoms with van der Waals surface area (Å²) in [5, 5.41) is 1.28. The molecule has 0 aliphatic heterocycles. The van der Waals surface area contributed by atoms with Gasteiger partial charge in [0, 0.05) is 23.7 Å². The smallest absolute Gasteiger partial charge is 0.0490 e. The van der Waals surface area contributed by atoms with Crippen molar-refractivity contribution in [3.8, 4) is 0 Å². The van der Waals surface area contributed by atoms with Crippen molar-refractivity contribution in [1.82, 2.24) is 4.98 Å². The van der Waals surface area contributed by atoms with Gasteiger partial charge in [-0.2, -0.15) is 0 Å². The highest BCUT2D eigenvalue weighted by Gasteiger charge is 2.56. The van der Waals surface area contributed by atoms with E-state index in [9.17, 15) is 0 Å². The van der Waals surface area contributed by atoms with Crippen LogP contribution < -0.4 is 5.73 Å². The van der Waals surface area contributed by atoms with E-state index in [4.69, 9.17) is 5.73 Å². The fourth-order valence-electron chi connectivity index (χ4n) is 2.64. The van der Waals surface area contributed by atoms with Gasteiger partial charge in [-0.05, 0) is 22.4 Å². The SMILES string of the molecule is CC1(C)[C@@H](N)[C@@H]1c1cccc2cc[nH]c12. The number of benzene rings is 1. The predicted octanol–water partition coefficient (Wildman–Crippen LogP) is 2.62. The normalized spacial score (nSPS) is 28.2. The molecule has 3 N–H and O–H groups in total. The number of rotatable bonds is 1. The van der Waals surface area contributed by atoms with Crippen molar-refractivity contribution in [3.63, 3.8) is 0 Å².